The van der Waals surface area contributed by atoms with E-state index in [1.54, 1.807) is 7.11 Å². The van der Waals surface area contributed by atoms with Crippen molar-refractivity contribution in [1.29, 1.82) is 0 Å². The van der Waals surface area contributed by atoms with Crippen molar-refractivity contribution in [3.63, 3.8) is 0 Å². The van der Waals surface area contributed by atoms with Gasteiger partial charge in [-0.1, -0.05) is 11.6 Å². The maximum absolute atomic E-state index is 6.02. The van der Waals surface area contributed by atoms with Gasteiger partial charge >= 0.3 is 0 Å². The SMILES string of the molecule is COCc1nc2c(C)cc(Cl)nc2n1C1CC1. The second kappa shape index (κ2) is 3.96. The normalized spacial score (nSPS) is 15.7. The Morgan fingerprint density at radius 2 is 2.24 bits per heavy atom. The van der Waals surface area contributed by atoms with Gasteiger partial charge in [0, 0.05) is 13.2 Å². The molecule has 0 radical (unpaired) electrons. The van der Waals surface area contributed by atoms with Gasteiger partial charge in [0.25, 0.3) is 0 Å². The minimum absolute atomic E-state index is 0.518. The lowest BCUT2D eigenvalue weighted by Crippen LogP contribution is -2.03. The Hall–Kier alpha value is -1.13. The fourth-order valence-corrected chi connectivity index (χ4v) is 2.41. The molecule has 5 heteroatoms. The third kappa shape index (κ3) is 1.81. The van der Waals surface area contributed by atoms with Gasteiger partial charge in [0.15, 0.2) is 5.65 Å². The number of hydrogen-bond donors (Lipinski definition) is 0. The molecule has 1 saturated carbocycles. The van der Waals surface area contributed by atoms with Gasteiger partial charge in [0.1, 0.15) is 23.1 Å². The fourth-order valence-electron chi connectivity index (χ4n) is 2.17. The highest BCUT2D eigenvalue weighted by atomic mass is 35.5. The third-order valence-corrected chi connectivity index (χ3v) is 3.26. The maximum Gasteiger partial charge on any atom is 0.162 e. The monoisotopic (exact) mass is 251 g/mol. The number of imidazole rings is 1. The van der Waals surface area contributed by atoms with Gasteiger partial charge in [-0.05, 0) is 31.4 Å². The summed E-state index contributed by atoms with van der Waals surface area (Å²) < 4.78 is 7.38. The van der Waals surface area contributed by atoms with Crippen LogP contribution < -0.4 is 0 Å². The first-order chi connectivity index (χ1) is 8.20. The number of aryl methyl sites for hydroxylation is 1. The first kappa shape index (κ1) is 11.0. The zero-order valence-corrected chi connectivity index (χ0v) is 10.7. The fraction of sp³-hybridized carbons (Fsp3) is 0.500. The van der Waals surface area contributed by atoms with Gasteiger partial charge in [0.2, 0.25) is 0 Å². The quantitative estimate of drug-likeness (QED) is 0.788. The minimum atomic E-state index is 0.518. The van der Waals surface area contributed by atoms with E-state index < -0.39 is 0 Å². The Morgan fingerprint density at radius 1 is 1.47 bits per heavy atom. The van der Waals surface area contributed by atoms with Crippen molar-refractivity contribution in [2.75, 3.05) is 7.11 Å². The van der Waals surface area contributed by atoms with Crippen LogP contribution in [0.4, 0.5) is 0 Å². The van der Waals surface area contributed by atoms with Gasteiger partial charge < -0.3 is 9.30 Å². The maximum atomic E-state index is 6.02. The summed E-state index contributed by atoms with van der Waals surface area (Å²) >= 11 is 6.02. The third-order valence-electron chi connectivity index (χ3n) is 3.07. The first-order valence-corrected chi connectivity index (χ1v) is 6.11. The van der Waals surface area contributed by atoms with Crippen LogP contribution in [0.1, 0.15) is 30.3 Å². The van der Waals surface area contributed by atoms with Crippen LogP contribution in [-0.4, -0.2) is 21.6 Å². The summed E-state index contributed by atoms with van der Waals surface area (Å²) in [6, 6.07) is 2.38. The van der Waals surface area contributed by atoms with Gasteiger partial charge in [-0.25, -0.2) is 9.97 Å². The summed E-state index contributed by atoms with van der Waals surface area (Å²) in [6.45, 7) is 2.53. The van der Waals surface area contributed by atoms with E-state index in [9.17, 15) is 0 Å². The molecule has 1 aliphatic rings. The molecule has 1 aliphatic carbocycles. The summed E-state index contributed by atoms with van der Waals surface area (Å²) in [4.78, 5) is 9.03. The second-order valence-corrected chi connectivity index (χ2v) is 4.88. The van der Waals surface area contributed by atoms with E-state index in [4.69, 9.17) is 16.3 Å². The Kier molecular flexibility index (Phi) is 2.56. The van der Waals surface area contributed by atoms with Gasteiger partial charge in [-0.15, -0.1) is 0 Å². The molecule has 0 bridgehead atoms. The molecule has 0 atom stereocenters. The van der Waals surface area contributed by atoms with Gasteiger partial charge in [-0.3, -0.25) is 0 Å². The van der Waals surface area contributed by atoms with Crippen LogP contribution in [0.15, 0.2) is 6.07 Å². The zero-order valence-electron chi connectivity index (χ0n) is 9.90. The van der Waals surface area contributed by atoms with Crippen molar-refractivity contribution in [2.24, 2.45) is 0 Å². The van der Waals surface area contributed by atoms with E-state index in [-0.39, 0.29) is 0 Å². The van der Waals surface area contributed by atoms with Crippen LogP contribution in [0.25, 0.3) is 11.2 Å². The lowest BCUT2D eigenvalue weighted by molar-refractivity contribution is 0.174. The molecule has 0 spiro atoms. The summed E-state index contributed by atoms with van der Waals surface area (Å²) in [5.41, 5.74) is 2.90. The van der Waals surface area contributed by atoms with Crippen LogP contribution >= 0.6 is 11.6 Å². The number of hydrogen-bond acceptors (Lipinski definition) is 3. The molecule has 0 aromatic carbocycles. The highest BCUT2D eigenvalue weighted by Gasteiger charge is 2.29. The lowest BCUT2D eigenvalue weighted by atomic mass is 10.3. The predicted molar refractivity (Wildman–Crippen MR) is 66.3 cm³/mol. The number of pyridine rings is 1. The molecule has 0 amide bonds. The molecule has 17 heavy (non-hydrogen) atoms. The van der Waals surface area contributed by atoms with E-state index >= 15 is 0 Å². The molecule has 0 N–H and O–H groups in total. The van der Waals surface area contributed by atoms with Crippen molar-refractivity contribution in [3.8, 4) is 0 Å². The highest BCUT2D eigenvalue weighted by Crippen LogP contribution is 2.39. The number of rotatable bonds is 3. The largest absolute Gasteiger partial charge is 0.377 e. The number of methoxy groups -OCH3 is 1. The number of nitrogens with zero attached hydrogens (tertiary/aromatic N) is 3. The van der Waals surface area contributed by atoms with Crippen LogP contribution in [0.3, 0.4) is 0 Å². The molecule has 4 nitrogen and oxygen atoms in total. The number of halogens is 1. The van der Waals surface area contributed by atoms with Crippen LogP contribution in [0, 0.1) is 6.92 Å². The van der Waals surface area contributed by atoms with Gasteiger partial charge in [0.05, 0.1) is 0 Å². The lowest BCUT2D eigenvalue weighted by Gasteiger charge is -2.05. The van der Waals surface area contributed by atoms with Crippen LogP contribution in [-0.2, 0) is 11.3 Å². The molecule has 90 valence electrons. The molecule has 3 rings (SSSR count). The van der Waals surface area contributed by atoms with Crippen molar-refractivity contribution < 1.29 is 4.74 Å². The standard InChI is InChI=1S/C12H14ClN3O/c1-7-5-9(13)14-12-11(7)15-10(6-17-2)16(12)8-3-4-8/h5,8H,3-4,6H2,1-2H3. The van der Waals surface area contributed by atoms with E-state index in [1.807, 2.05) is 13.0 Å². The molecular weight excluding hydrogens is 238 g/mol. The van der Waals surface area contributed by atoms with Crippen molar-refractivity contribution in [2.45, 2.75) is 32.4 Å². The first-order valence-electron chi connectivity index (χ1n) is 5.73. The van der Waals surface area contributed by atoms with Crippen molar-refractivity contribution in [3.05, 3.63) is 22.6 Å². The van der Waals surface area contributed by atoms with E-state index in [0.717, 1.165) is 22.6 Å². The smallest absolute Gasteiger partial charge is 0.162 e. The molecule has 2 aromatic heterocycles. The second-order valence-electron chi connectivity index (χ2n) is 4.50. The minimum Gasteiger partial charge on any atom is -0.377 e. The molecule has 0 aliphatic heterocycles. The van der Waals surface area contributed by atoms with E-state index in [0.29, 0.717) is 17.8 Å². The van der Waals surface area contributed by atoms with Crippen LogP contribution in [0.2, 0.25) is 5.15 Å². The average molecular weight is 252 g/mol. The number of aromatic nitrogens is 3. The van der Waals surface area contributed by atoms with Crippen LogP contribution in [0.5, 0.6) is 0 Å². The molecule has 2 heterocycles. The van der Waals surface area contributed by atoms with E-state index in [2.05, 4.69) is 14.5 Å². The van der Waals surface area contributed by atoms with Crippen molar-refractivity contribution in [1.82, 2.24) is 14.5 Å². The summed E-state index contributed by atoms with van der Waals surface area (Å²) in [5, 5.41) is 0.528. The highest BCUT2D eigenvalue weighted by molar-refractivity contribution is 6.29. The number of ether oxygens (including phenoxy) is 1. The van der Waals surface area contributed by atoms with E-state index in [1.165, 1.54) is 12.8 Å². The zero-order chi connectivity index (χ0) is 12.0. The number of fused-ring (bicyclic) bond motifs is 1. The Morgan fingerprint density at radius 3 is 2.88 bits per heavy atom. The Balaban J connectivity index is 2.26. The van der Waals surface area contributed by atoms with Gasteiger partial charge in [-0.2, -0.15) is 0 Å². The summed E-state index contributed by atoms with van der Waals surface area (Å²) in [7, 11) is 1.68. The molecule has 0 saturated heterocycles. The summed E-state index contributed by atoms with van der Waals surface area (Å²) in [5.74, 6) is 0.947. The predicted octanol–water partition coefficient (Wildman–Crippen LogP) is 2.87. The molecule has 0 unspecified atom stereocenters. The average Bonchev–Trinajstić information content (AvgIpc) is 3.03. The Bertz CT molecular complexity index is 575. The molecule has 1 fully saturated rings. The molecular formula is C12H14ClN3O. The molecule has 2 aromatic rings. The summed E-state index contributed by atoms with van der Waals surface area (Å²) in [6.07, 6.45) is 2.38. The topological polar surface area (TPSA) is 39.9 Å². The Labute approximate surface area is 105 Å². The van der Waals surface area contributed by atoms with Crippen molar-refractivity contribution >= 4 is 22.8 Å².